The molecule has 2 N–H and O–H groups in total. The molecular formula is C24H32N2O2S. The lowest BCUT2D eigenvalue weighted by molar-refractivity contribution is -0.120. The molecule has 0 saturated heterocycles. The Balaban J connectivity index is 1.91. The van der Waals surface area contributed by atoms with Gasteiger partial charge in [0.2, 0.25) is 5.91 Å². The van der Waals surface area contributed by atoms with Gasteiger partial charge in [0.25, 0.3) is 0 Å². The van der Waals surface area contributed by atoms with E-state index in [1.807, 2.05) is 43.3 Å². The Hall–Kier alpha value is -2.40. The third-order valence-corrected chi connectivity index (χ3v) is 4.63. The largest absolute Gasteiger partial charge is 0.493 e. The van der Waals surface area contributed by atoms with Gasteiger partial charge >= 0.3 is 0 Å². The number of benzene rings is 2. The van der Waals surface area contributed by atoms with Crippen LogP contribution in [0.1, 0.15) is 51.7 Å². The van der Waals surface area contributed by atoms with Crippen molar-refractivity contribution in [1.29, 1.82) is 0 Å². The third kappa shape index (κ3) is 7.86. The molecule has 0 aromatic heterocycles. The first-order valence-electron chi connectivity index (χ1n) is 10.2. The molecule has 0 spiro atoms. The molecule has 0 aliphatic carbocycles. The normalized spacial score (nSPS) is 12.0. The molecule has 2 aromatic rings. The lowest BCUT2D eigenvalue weighted by Crippen LogP contribution is -2.36. The minimum atomic E-state index is -0.288. The van der Waals surface area contributed by atoms with E-state index in [0.717, 1.165) is 23.4 Å². The molecule has 156 valence electrons. The summed E-state index contributed by atoms with van der Waals surface area (Å²) >= 11 is 5.32. The number of carbonyl (C=O) groups is 1. The molecule has 5 heteroatoms. The lowest BCUT2D eigenvalue weighted by Gasteiger charge is -2.15. The summed E-state index contributed by atoms with van der Waals surface area (Å²) < 4.78 is 5.73. The van der Waals surface area contributed by atoms with Gasteiger partial charge in [-0.05, 0) is 60.7 Å². The van der Waals surface area contributed by atoms with Gasteiger partial charge in [0.15, 0.2) is 5.11 Å². The quantitative estimate of drug-likeness (QED) is 0.559. The minimum absolute atomic E-state index is 0.133. The number of ether oxygens (including phenoxy) is 1. The van der Waals surface area contributed by atoms with E-state index in [2.05, 4.69) is 50.5 Å². The smallest absolute Gasteiger partial charge is 0.233 e. The van der Waals surface area contributed by atoms with Crippen molar-refractivity contribution in [2.45, 2.75) is 47.0 Å². The van der Waals surface area contributed by atoms with E-state index in [0.29, 0.717) is 18.4 Å². The van der Waals surface area contributed by atoms with Crippen molar-refractivity contribution in [1.82, 2.24) is 5.32 Å². The molecule has 0 saturated carbocycles. The summed E-state index contributed by atoms with van der Waals surface area (Å²) in [6.07, 6.45) is 1.04. The number of carbonyl (C=O) groups excluding carboxylic acids is 1. The van der Waals surface area contributed by atoms with Crippen LogP contribution in [0.3, 0.4) is 0 Å². The van der Waals surface area contributed by atoms with Crippen LogP contribution in [0.2, 0.25) is 0 Å². The van der Waals surface area contributed by atoms with Gasteiger partial charge in [-0.1, -0.05) is 58.0 Å². The Morgan fingerprint density at radius 3 is 2.31 bits per heavy atom. The summed E-state index contributed by atoms with van der Waals surface area (Å²) in [7, 11) is 0. The molecule has 29 heavy (non-hydrogen) atoms. The maximum atomic E-state index is 12.6. The van der Waals surface area contributed by atoms with Gasteiger partial charge < -0.3 is 15.4 Å². The van der Waals surface area contributed by atoms with Crippen LogP contribution in [0.5, 0.6) is 5.75 Å². The van der Waals surface area contributed by atoms with Crippen LogP contribution in [-0.4, -0.2) is 17.6 Å². The average molecular weight is 413 g/mol. The fourth-order valence-corrected chi connectivity index (χ4v) is 3.09. The molecular weight excluding hydrogens is 380 g/mol. The SMILES string of the molecule is CC(C)COc1cccc(NC(=S)NC(=O)C(C)c2ccc(CC(C)C)cc2)c1. The summed E-state index contributed by atoms with van der Waals surface area (Å²) in [6, 6.07) is 15.8. The Morgan fingerprint density at radius 2 is 1.69 bits per heavy atom. The van der Waals surface area contributed by atoms with Crippen LogP contribution < -0.4 is 15.4 Å². The Bertz CT molecular complexity index is 816. The molecule has 0 aliphatic heterocycles. The van der Waals surface area contributed by atoms with Crippen molar-refractivity contribution in [3.05, 3.63) is 59.7 Å². The fourth-order valence-electron chi connectivity index (χ4n) is 2.87. The van der Waals surface area contributed by atoms with Crippen molar-refractivity contribution < 1.29 is 9.53 Å². The van der Waals surface area contributed by atoms with Gasteiger partial charge in [-0.2, -0.15) is 0 Å². The second-order valence-corrected chi connectivity index (χ2v) is 8.65. The average Bonchev–Trinajstić information content (AvgIpc) is 2.66. The summed E-state index contributed by atoms with van der Waals surface area (Å²) in [5.74, 6) is 1.41. The first kappa shape index (κ1) is 22.9. The monoisotopic (exact) mass is 412 g/mol. The third-order valence-electron chi connectivity index (χ3n) is 4.43. The van der Waals surface area contributed by atoms with Crippen LogP contribution in [0.25, 0.3) is 0 Å². The van der Waals surface area contributed by atoms with E-state index in [1.165, 1.54) is 5.56 Å². The van der Waals surface area contributed by atoms with E-state index < -0.39 is 0 Å². The van der Waals surface area contributed by atoms with Crippen LogP contribution in [-0.2, 0) is 11.2 Å². The van der Waals surface area contributed by atoms with Crippen LogP contribution in [0, 0.1) is 11.8 Å². The molecule has 1 unspecified atom stereocenters. The summed E-state index contributed by atoms with van der Waals surface area (Å²) in [5, 5.41) is 6.12. The van der Waals surface area contributed by atoms with E-state index in [-0.39, 0.29) is 16.9 Å². The number of anilines is 1. The highest BCUT2D eigenvalue weighted by Crippen LogP contribution is 2.19. The van der Waals surface area contributed by atoms with Crippen molar-refractivity contribution in [3.63, 3.8) is 0 Å². The second-order valence-electron chi connectivity index (χ2n) is 8.24. The summed E-state index contributed by atoms with van der Waals surface area (Å²) in [4.78, 5) is 12.6. The molecule has 1 amide bonds. The molecule has 0 fully saturated rings. The molecule has 0 radical (unpaired) electrons. The molecule has 2 aromatic carbocycles. The number of rotatable bonds is 8. The highest BCUT2D eigenvalue weighted by atomic mass is 32.1. The van der Waals surface area contributed by atoms with E-state index in [1.54, 1.807) is 0 Å². The zero-order valence-electron chi connectivity index (χ0n) is 18.0. The zero-order chi connectivity index (χ0) is 21.4. The number of hydrogen-bond acceptors (Lipinski definition) is 3. The molecule has 0 bridgehead atoms. The number of hydrogen-bond donors (Lipinski definition) is 2. The van der Waals surface area contributed by atoms with E-state index in [9.17, 15) is 4.79 Å². The van der Waals surface area contributed by atoms with Gasteiger partial charge in [-0.3, -0.25) is 4.79 Å². The van der Waals surface area contributed by atoms with Gasteiger partial charge in [0.1, 0.15) is 5.75 Å². The van der Waals surface area contributed by atoms with Gasteiger partial charge in [0, 0.05) is 11.8 Å². The van der Waals surface area contributed by atoms with E-state index in [4.69, 9.17) is 17.0 Å². The predicted octanol–water partition coefficient (Wildman–Crippen LogP) is 5.54. The van der Waals surface area contributed by atoms with Crippen molar-refractivity contribution >= 4 is 28.9 Å². The van der Waals surface area contributed by atoms with Gasteiger partial charge in [0.05, 0.1) is 12.5 Å². The molecule has 4 nitrogen and oxygen atoms in total. The first-order valence-corrected chi connectivity index (χ1v) is 10.6. The number of thiocarbonyl (C=S) groups is 1. The predicted molar refractivity (Wildman–Crippen MR) is 125 cm³/mol. The number of nitrogens with one attached hydrogen (secondary N) is 2. The molecule has 2 rings (SSSR count). The van der Waals surface area contributed by atoms with Crippen LogP contribution in [0.15, 0.2) is 48.5 Å². The van der Waals surface area contributed by atoms with Crippen molar-refractivity contribution in [3.8, 4) is 5.75 Å². The summed E-state index contributed by atoms with van der Waals surface area (Å²) in [6.45, 7) is 11.1. The Labute approximate surface area is 180 Å². The topological polar surface area (TPSA) is 50.4 Å². The Morgan fingerprint density at radius 1 is 1.00 bits per heavy atom. The molecule has 1 atom stereocenters. The fraction of sp³-hybridized carbons (Fsp3) is 0.417. The maximum Gasteiger partial charge on any atom is 0.233 e. The van der Waals surface area contributed by atoms with Crippen LogP contribution in [0.4, 0.5) is 5.69 Å². The molecule has 0 heterocycles. The highest BCUT2D eigenvalue weighted by molar-refractivity contribution is 7.80. The van der Waals surface area contributed by atoms with Crippen molar-refractivity contribution in [2.75, 3.05) is 11.9 Å². The van der Waals surface area contributed by atoms with Crippen LogP contribution >= 0.6 is 12.2 Å². The van der Waals surface area contributed by atoms with Gasteiger partial charge in [-0.25, -0.2) is 0 Å². The lowest BCUT2D eigenvalue weighted by atomic mass is 9.96. The maximum absolute atomic E-state index is 12.6. The minimum Gasteiger partial charge on any atom is -0.493 e. The van der Waals surface area contributed by atoms with Gasteiger partial charge in [-0.15, -0.1) is 0 Å². The highest BCUT2D eigenvalue weighted by Gasteiger charge is 2.16. The van der Waals surface area contributed by atoms with E-state index >= 15 is 0 Å². The first-order chi connectivity index (χ1) is 13.7. The zero-order valence-corrected chi connectivity index (χ0v) is 18.8. The summed E-state index contributed by atoms with van der Waals surface area (Å²) in [5.41, 5.74) is 3.04. The Kier molecular flexibility index (Phi) is 8.65. The molecule has 0 aliphatic rings. The van der Waals surface area contributed by atoms with Crippen molar-refractivity contribution in [2.24, 2.45) is 11.8 Å². The number of amides is 1. The second kappa shape index (κ2) is 11.0. The standard InChI is InChI=1S/C24H32N2O2S/c1-16(2)13-19-9-11-20(12-10-19)18(5)23(27)26-24(29)25-21-7-6-8-22(14-21)28-15-17(3)4/h6-12,14,16-18H,13,15H2,1-5H3,(H2,25,26,27,29).